The second-order valence-corrected chi connectivity index (χ2v) is 4.93. The number of nitrogens with zero attached hydrogens (tertiary/aromatic N) is 3. The van der Waals surface area contributed by atoms with Gasteiger partial charge in [-0.3, -0.25) is 0 Å². The molecule has 116 valence electrons. The molecule has 0 aliphatic carbocycles. The largest absolute Gasteiger partial charge is 0.497 e. The van der Waals surface area contributed by atoms with Gasteiger partial charge in [0.1, 0.15) is 5.75 Å². The highest BCUT2D eigenvalue weighted by Crippen LogP contribution is 2.20. The molecule has 0 fully saturated rings. The highest BCUT2D eigenvalue weighted by atomic mass is 35.5. The van der Waals surface area contributed by atoms with Gasteiger partial charge in [-0.15, -0.1) is 0 Å². The molecule has 1 heterocycles. The molecule has 0 amide bonds. The highest BCUT2D eigenvalue weighted by molar-refractivity contribution is 6.28. The number of ether oxygens (including phenoxy) is 1. The van der Waals surface area contributed by atoms with Gasteiger partial charge in [0.15, 0.2) is 0 Å². The Balaban J connectivity index is 1.79. The van der Waals surface area contributed by atoms with Crippen molar-refractivity contribution in [1.82, 2.24) is 15.0 Å². The van der Waals surface area contributed by atoms with Crippen LogP contribution in [0.5, 0.6) is 5.75 Å². The summed E-state index contributed by atoms with van der Waals surface area (Å²) in [5.74, 6) is 1.50. The van der Waals surface area contributed by atoms with E-state index in [-0.39, 0.29) is 5.28 Å². The Kier molecular flexibility index (Phi) is 4.54. The molecule has 6 nitrogen and oxygen atoms in total. The fraction of sp³-hybridized carbons (Fsp3) is 0.0625. The second-order valence-electron chi connectivity index (χ2n) is 4.60. The molecule has 0 aliphatic rings. The lowest BCUT2D eigenvalue weighted by atomic mass is 10.3. The number of benzene rings is 2. The summed E-state index contributed by atoms with van der Waals surface area (Å²) in [7, 11) is 1.62. The van der Waals surface area contributed by atoms with Crippen LogP contribution in [0.4, 0.5) is 23.3 Å². The highest BCUT2D eigenvalue weighted by Gasteiger charge is 2.06. The van der Waals surface area contributed by atoms with Gasteiger partial charge < -0.3 is 15.4 Å². The summed E-state index contributed by atoms with van der Waals surface area (Å²) in [6, 6.07) is 17.0. The number of methoxy groups -OCH3 is 1. The van der Waals surface area contributed by atoms with E-state index in [1.165, 1.54) is 0 Å². The van der Waals surface area contributed by atoms with Gasteiger partial charge in [-0.2, -0.15) is 15.0 Å². The van der Waals surface area contributed by atoms with E-state index in [4.69, 9.17) is 16.3 Å². The number of anilines is 4. The minimum absolute atomic E-state index is 0.106. The summed E-state index contributed by atoms with van der Waals surface area (Å²) >= 11 is 5.97. The number of nitrogens with one attached hydrogen (secondary N) is 2. The molecule has 0 saturated carbocycles. The summed E-state index contributed by atoms with van der Waals surface area (Å²) in [5.41, 5.74) is 1.68. The van der Waals surface area contributed by atoms with Crippen molar-refractivity contribution < 1.29 is 4.74 Å². The van der Waals surface area contributed by atoms with Crippen LogP contribution in [0.15, 0.2) is 54.6 Å². The van der Waals surface area contributed by atoms with Gasteiger partial charge in [0.2, 0.25) is 17.2 Å². The molecule has 2 aromatic carbocycles. The van der Waals surface area contributed by atoms with E-state index in [2.05, 4.69) is 25.6 Å². The average Bonchev–Trinajstić information content (AvgIpc) is 2.56. The molecule has 1 aromatic heterocycles. The third kappa shape index (κ3) is 4.08. The minimum Gasteiger partial charge on any atom is -0.497 e. The first kappa shape index (κ1) is 15.1. The summed E-state index contributed by atoms with van der Waals surface area (Å²) < 4.78 is 5.12. The van der Waals surface area contributed by atoms with Gasteiger partial charge in [-0.25, -0.2) is 0 Å². The molecule has 0 bridgehead atoms. The van der Waals surface area contributed by atoms with Crippen LogP contribution in [0.25, 0.3) is 0 Å². The van der Waals surface area contributed by atoms with E-state index in [0.29, 0.717) is 11.9 Å². The smallest absolute Gasteiger partial charge is 0.233 e. The van der Waals surface area contributed by atoms with Crippen LogP contribution in [-0.2, 0) is 0 Å². The number of halogens is 1. The Hall–Kier alpha value is -2.86. The monoisotopic (exact) mass is 327 g/mol. The predicted octanol–water partition coefficient (Wildman–Crippen LogP) is 4.02. The number of aromatic nitrogens is 3. The minimum atomic E-state index is 0.106. The maximum absolute atomic E-state index is 5.97. The molecular weight excluding hydrogens is 314 g/mol. The van der Waals surface area contributed by atoms with Crippen molar-refractivity contribution in [3.05, 3.63) is 59.9 Å². The lowest BCUT2D eigenvalue weighted by Gasteiger charge is -2.09. The van der Waals surface area contributed by atoms with Crippen LogP contribution < -0.4 is 15.4 Å². The van der Waals surface area contributed by atoms with Crippen molar-refractivity contribution in [3.8, 4) is 5.75 Å². The van der Waals surface area contributed by atoms with Crippen LogP contribution in [-0.4, -0.2) is 22.1 Å². The average molecular weight is 328 g/mol. The molecule has 3 rings (SSSR count). The maximum Gasteiger partial charge on any atom is 0.233 e. The topological polar surface area (TPSA) is 72.0 Å². The van der Waals surface area contributed by atoms with Gasteiger partial charge in [-0.05, 0) is 48.0 Å². The van der Waals surface area contributed by atoms with E-state index in [1.54, 1.807) is 7.11 Å². The lowest BCUT2D eigenvalue weighted by molar-refractivity contribution is 0.415. The van der Waals surface area contributed by atoms with Crippen LogP contribution in [0.3, 0.4) is 0 Å². The molecule has 0 aliphatic heterocycles. The van der Waals surface area contributed by atoms with Crippen LogP contribution >= 0.6 is 11.6 Å². The van der Waals surface area contributed by atoms with Crippen molar-refractivity contribution in [3.63, 3.8) is 0 Å². The zero-order chi connectivity index (χ0) is 16.1. The van der Waals surface area contributed by atoms with Crippen LogP contribution in [0.2, 0.25) is 5.28 Å². The Bertz CT molecular complexity index is 780. The number of hydrogen-bond donors (Lipinski definition) is 2. The fourth-order valence-electron chi connectivity index (χ4n) is 1.92. The summed E-state index contributed by atoms with van der Waals surface area (Å²) in [6.45, 7) is 0. The van der Waals surface area contributed by atoms with E-state index in [9.17, 15) is 0 Å². The number of para-hydroxylation sites is 1. The molecule has 7 heteroatoms. The summed E-state index contributed by atoms with van der Waals surface area (Å²) in [5, 5.41) is 6.27. The normalized spacial score (nSPS) is 10.2. The van der Waals surface area contributed by atoms with Crippen molar-refractivity contribution >= 4 is 34.9 Å². The lowest BCUT2D eigenvalue weighted by Crippen LogP contribution is -2.03. The van der Waals surface area contributed by atoms with E-state index in [0.717, 1.165) is 17.1 Å². The predicted molar refractivity (Wildman–Crippen MR) is 90.8 cm³/mol. The first-order chi connectivity index (χ1) is 11.2. The van der Waals surface area contributed by atoms with Crippen LogP contribution in [0, 0.1) is 0 Å². The zero-order valence-electron chi connectivity index (χ0n) is 12.3. The summed E-state index contributed by atoms with van der Waals surface area (Å²) in [6.07, 6.45) is 0. The molecular formula is C16H14ClN5O. The Morgan fingerprint density at radius 2 is 1.35 bits per heavy atom. The van der Waals surface area contributed by atoms with E-state index in [1.807, 2.05) is 54.6 Å². The molecule has 0 unspecified atom stereocenters. The molecule has 0 saturated heterocycles. The van der Waals surface area contributed by atoms with E-state index < -0.39 is 0 Å². The zero-order valence-corrected chi connectivity index (χ0v) is 13.1. The quantitative estimate of drug-likeness (QED) is 0.737. The molecule has 0 atom stereocenters. The number of rotatable bonds is 5. The second kappa shape index (κ2) is 6.93. The molecule has 23 heavy (non-hydrogen) atoms. The fourth-order valence-corrected chi connectivity index (χ4v) is 2.08. The maximum atomic E-state index is 5.97. The third-order valence-electron chi connectivity index (χ3n) is 2.98. The standard InChI is InChI=1S/C16H14ClN5O/c1-23-13-9-7-12(8-10-13)19-16-21-14(17)20-15(22-16)18-11-5-3-2-4-6-11/h2-10H,1H3,(H2,18,19,20,21,22). The number of hydrogen-bond acceptors (Lipinski definition) is 6. The Morgan fingerprint density at radius 1 is 0.783 bits per heavy atom. The first-order valence-corrected chi connectivity index (χ1v) is 7.25. The van der Waals surface area contributed by atoms with Gasteiger partial charge in [0.25, 0.3) is 0 Å². The van der Waals surface area contributed by atoms with Crippen molar-refractivity contribution in [2.75, 3.05) is 17.7 Å². The molecule has 0 spiro atoms. The van der Waals surface area contributed by atoms with E-state index >= 15 is 0 Å². The third-order valence-corrected chi connectivity index (χ3v) is 3.15. The van der Waals surface area contributed by atoms with Gasteiger partial charge in [0.05, 0.1) is 7.11 Å². The Labute approximate surface area is 138 Å². The van der Waals surface area contributed by atoms with Gasteiger partial charge in [-0.1, -0.05) is 18.2 Å². The molecule has 0 radical (unpaired) electrons. The molecule has 2 N–H and O–H groups in total. The van der Waals surface area contributed by atoms with Crippen molar-refractivity contribution in [1.29, 1.82) is 0 Å². The first-order valence-electron chi connectivity index (χ1n) is 6.88. The van der Waals surface area contributed by atoms with Crippen LogP contribution in [0.1, 0.15) is 0 Å². The van der Waals surface area contributed by atoms with Crippen molar-refractivity contribution in [2.24, 2.45) is 0 Å². The Morgan fingerprint density at radius 3 is 1.91 bits per heavy atom. The van der Waals surface area contributed by atoms with Gasteiger partial charge >= 0.3 is 0 Å². The molecule has 3 aromatic rings. The van der Waals surface area contributed by atoms with Gasteiger partial charge in [0, 0.05) is 11.4 Å². The SMILES string of the molecule is COc1ccc(Nc2nc(Cl)nc(Nc3ccccc3)n2)cc1. The van der Waals surface area contributed by atoms with Crippen molar-refractivity contribution in [2.45, 2.75) is 0 Å². The summed E-state index contributed by atoms with van der Waals surface area (Å²) in [4.78, 5) is 12.5.